The van der Waals surface area contributed by atoms with Crippen molar-refractivity contribution in [3.05, 3.63) is 24.0 Å². The Morgan fingerprint density at radius 2 is 2.15 bits per heavy atom. The van der Waals surface area contributed by atoms with Gasteiger partial charge >= 0.3 is 0 Å². The number of aliphatic imine (C=N–C) groups is 1. The second-order valence-corrected chi connectivity index (χ2v) is 5.83. The molecule has 1 aromatic rings. The van der Waals surface area contributed by atoms with Gasteiger partial charge in [-0.1, -0.05) is 26.7 Å². The van der Waals surface area contributed by atoms with E-state index >= 15 is 0 Å². The molecule has 0 fully saturated rings. The molecule has 1 aromatic heterocycles. The molecule has 1 N–H and O–H groups in total. The second-order valence-electron chi connectivity index (χ2n) is 5.83. The summed E-state index contributed by atoms with van der Waals surface area (Å²) in [6, 6.07) is 4.22. The summed E-state index contributed by atoms with van der Waals surface area (Å²) in [6.45, 7) is 6.42. The van der Waals surface area contributed by atoms with E-state index in [1.807, 2.05) is 7.05 Å². The first-order valence-electron chi connectivity index (χ1n) is 7.56. The zero-order valence-corrected chi connectivity index (χ0v) is 13.7. The normalized spacial score (nSPS) is 12.0. The molecule has 0 saturated carbocycles. The van der Waals surface area contributed by atoms with E-state index in [4.69, 9.17) is 0 Å². The average molecular weight is 278 g/mol. The minimum atomic E-state index is 0.800. The molecule has 0 bridgehead atoms. The van der Waals surface area contributed by atoms with Gasteiger partial charge in [0.25, 0.3) is 0 Å². The fourth-order valence-corrected chi connectivity index (χ4v) is 2.24. The predicted octanol–water partition coefficient (Wildman–Crippen LogP) is 2.86. The van der Waals surface area contributed by atoms with E-state index in [0.717, 1.165) is 25.0 Å². The molecule has 114 valence electrons. The smallest absolute Gasteiger partial charge is 0.193 e. The quantitative estimate of drug-likeness (QED) is 0.472. The van der Waals surface area contributed by atoms with Crippen molar-refractivity contribution in [3.8, 4) is 0 Å². The summed E-state index contributed by atoms with van der Waals surface area (Å²) in [4.78, 5) is 6.52. The first-order valence-corrected chi connectivity index (χ1v) is 7.56. The van der Waals surface area contributed by atoms with Crippen molar-refractivity contribution in [1.82, 2.24) is 14.8 Å². The number of hydrogen-bond donors (Lipinski definition) is 1. The Labute approximate surface area is 123 Å². The number of nitrogens with one attached hydrogen (secondary N) is 1. The molecule has 0 radical (unpaired) electrons. The van der Waals surface area contributed by atoms with E-state index in [-0.39, 0.29) is 0 Å². The highest BCUT2D eigenvalue weighted by Crippen LogP contribution is 2.06. The molecule has 0 amide bonds. The maximum atomic E-state index is 4.35. The third kappa shape index (κ3) is 5.68. The standard InChI is InChI=1S/C16H30N4/c1-14(2)9-6-7-11-18-16(17-3)20(5)13-15-10-8-12-19(15)4/h8,10,12,14H,6-7,9,11,13H2,1-5H3,(H,17,18). The molecule has 1 heterocycles. The van der Waals surface area contributed by atoms with Crippen LogP contribution in [0.4, 0.5) is 0 Å². The number of rotatable bonds is 7. The summed E-state index contributed by atoms with van der Waals surface area (Å²) in [6.07, 6.45) is 5.86. The Morgan fingerprint density at radius 1 is 1.40 bits per heavy atom. The monoisotopic (exact) mass is 278 g/mol. The fourth-order valence-electron chi connectivity index (χ4n) is 2.24. The number of aryl methyl sites for hydroxylation is 1. The molecule has 4 heteroatoms. The molecule has 0 aliphatic rings. The lowest BCUT2D eigenvalue weighted by Crippen LogP contribution is -2.39. The Morgan fingerprint density at radius 3 is 2.70 bits per heavy atom. The van der Waals surface area contributed by atoms with Crippen molar-refractivity contribution in [1.29, 1.82) is 0 Å². The molecule has 0 spiro atoms. The molecule has 1 rings (SSSR count). The first-order chi connectivity index (χ1) is 9.54. The number of unbranched alkanes of at least 4 members (excludes halogenated alkanes) is 1. The van der Waals surface area contributed by atoms with Crippen LogP contribution in [0.2, 0.25) is 0 Å². The SMILES string of the molecule is CN=C(NCCCCC(C)C)N(C)Cc1cccn1C. The van der Waals surface area contributed by atoms with Crippen LogP contribution in [0.3, 0.4) is 0 Å². The van der Waals surface area contributed by atoms with Gasteiger partial charge in [0.2, 0.25) is 0 Å². The van der Waals surface area contributed by atoms with Gasteiger partial charge in [-0.25, -0.2) is 0 Å². The molecule has 4 nitrogen and oxygen atoms in total. The third-order valence-electron chi connectivity index (χ3n) is 3.52. The number of aromatic nitrogens is 1. The van der Waals surface area contributed by atoms with Crippen LogP contribution in [0.5, 0.6) is 0 Å². The van der Waals surface area contributed by atoms with Gasteiger partial charge in [0, 0.05) is 39.6 Å². The first kappa shape index (κ1) is 16.6. The van der Waals surface area contributed by atoms with E-state index in [1.54, 1.807) is 0 Å². The zero-order chi connectivity index (χ0) is 15.0. The summed E-state index contributed by atoms with van der Waals surface area (Å²) < 4.78 is 2.15. The molecule has 0 aliphatic heterocycles. The predicted molar refractivity (Wildman–Crippen MR) is 86.9 cm³/mol. The molecule has 0 aliphatic carbocycles. The van der Waals surface area contributed by atoms with Crippen LogP contribution in [0.25, 0.3) is 0 Å². The van der Waals surface area contributed by atoms with Crippen LogP contribution in [0, 0.1) is 5.92 Å². The lowest BCUT2D eigenvalue weighted by atomic mass is 10.1. The topological polar surface area (TPSA) is 32.6 Å². The number of nitrogens with zero attached hydrogens (tertiary/aromatic N) is 3. The highest BCUT2D eigenvalue weighted by Gasteiger charge is 2.07. The van der Waals surface area contributed by atoms with Crippen molar-refractivity contribution in [3.63, 3.8) is 0 Å². The molecule has 0 atom stereocenters. The molecule has 0 saturated heterocycles. The summed E-state index contributed by atoms with van der Waals surface area (Å²) in [7, 11) is 6.00. The molecular formula is C16H30N4. The molecular weight excluding hydrogens is 248 g/mol. The van der Waals surface area contributed by atoms with Crippen LogP contribution in [-0.2, 0) is 13.6 Å². The van der Waals surface area contributed by atoms with Crippen LogP contribution in [-0.4, -0.2) is 36.1 Å². The van der Waals surface area contributed by atoms with Crippen molar-refractivity contribution in [2.45, 2.75) is 39.7 Å². The van der Waals surface area contributed by atoms with Gasteiger partial charge in [0.1, 0.15) is 0 Å². The van der Waals surface area contributed by atoms with E-state index in [1.165, 1.54) is 25.0 Å². The Kier molecular flexibility index (Phi) is 7.20. The van der Waals surface area contributed by atoms with Crippen molar-refractivity contribution in [2.75, 3.05) is 20.6 Å². The van der Waals surface area contributed by atoms with Crippen LogP contribution < -0.4 is 5.32 Å². The van der Waals surface area contributed by atoms with Gasteiger partial charge < -0.3 is 14.8 Å². The van der Waals surface area contributed by atoms with Crippen LogP contribution in [0.15, 0.2) is 23.3 Å². The molecule has 20 heavy (non-hydrogen) atoms. The summed E-state index contributed by atoms with van der Waals surface area (Å²) in [5.41, 5.74) is 1.29. The average Bonchev–Trinajstić information content (AvgIpc) is 2.79. The van der Waals surface area contributed by atoms with Crippen LogP contribution in [0.1, 0.15) is 38.8 Å². The van der Waals surface area contributed by atoms with Gasteiger partial charge in [0.15, 0.2) is 5.96 Å². The fraction of sp³-hybridized carbons (Fsp3) is 0.688. The summed E-state index contributed by atoms with van der Waals surface area (Å²) in [5.74, 6) is 1.77. The zero-order valence-electron chi connectivity index (χ0n) is 13.7. The second kappa shape index (κ2) is 8.67. The minimum absolute atomic E-state index is 0.800. The lowest BCUT2D eigenvalue weighted by Gasteiger charge is -2.22. The number of guanidine groups is 1. The van der Waals surface area contributed by atoms with Crippen LogP contribution >= 0.6 is 0 Å². The van der Waals surface area contributed by atoms with Crippen molar-refractivity contribution < 1.29 is 0 Å². The van der Waals surface area contributed by atoms with Gasteiger partial charge in [-0.05, 0) is 24.5 Å². The Bertz CT molecular complexity index is 406. The lowest BCUT2D eigenvalue weighted by molar-refractivity contribution is 0.457. The molecule has 0 aromatic carbocycles. The highest BCUT2D eigenvalue weighted by atomic mass is 15.3. The maximum absolute atomic E-state index is 4.35. The molecule has 0 unspecified atom stereocenters. The van der Waals surface area contributed by atoms with Crippen molar-refractivity contribution in [2.24, 2.45) is 18.0 Å². The Hall–Kier alpha value is -1.45. The third-order valence-corrected chi connectivity index (χ3v) is 3.52. The van der Waals surface area contributed by atoms with E-state index in [2.05, 4.69) is 66.0 Å². The minimum Gasteiger partial charge on any atom is -0.356 e. The van der Waals surface area contributed by atoms with Gasteiger partial charge in [-0.2, -0.15) is 0 Å². The number of hydrogen-bond acceptors (Lipinski definition) is 1. The largest absolute Gasteiger partial charge is 0.356 e. The van der Waals surface area contributed by atoms with E-state index in [0.29, 0.717) is 0 Å². The van der Waals surface area contributed by atoms with E-state index in [9.17, 15) is 0 Å². The Balaban J connectivity index is 2.33. The van der Waals surface area contributed by atoms with Crippen molar-refractivity contribution >= 4 is 5.96 Å². The van der Waals surface area contributed by atoms with Gasteiger partial charge in [-0.15, -0.1) is 0 Å². The summed E-state index contributed by atoms with van der Waals surface area (Å²) in [5, 5.41) is 3.44. The maximum Gasteiger partial charge on any atom is 0.193 e. The van der Waals surface area contributed by atoms with Gasteiger partial charge in [0.05, 0.1) is 6.54 Å². The highest BCUT2D eigenvalue weighted by molar-refractivity contribution is 5.79. The van der Waals surface area contributed by atoms with Gasteiger partial charge in [-0.3, -0.25) is 4.99 Å². The summed E-state index contributed by atoms with van der Waals surface area (Å²) >= 11 is 0. The van der Waals surface area contributed by atoms with E-state index < -0.39 is 0 Å².